The number of hydrogen-bond donors (Lipinski definition) is 2. The molecule has 1 saturated heterocycles. The Balaban J connectivity index is 1.83. The molecule has 104 valence electrons. The summed E-state index contributed by atoms with van der Waals surface area (Å²) in [7, 11) is 0. The zero-order valence-corrected chi connectivity index (χ0v) is 13.1. The minimum atomic E-state index is 0.374. The van der Waals surface area contributed by atoms with Crippen LogP contribution in [0.2, 0.25) is 5.02 Å². The van der Waals surface area contributed by atoms with Gasteiger partial charge in [0.15, 0.2) is 0 Å². The first kappa shape index (κ1) is 14.9. The van der Waals surface area contributed by atoms with Crippen LogP contribution in [0.5, 0.6) is 0 Å². The minimum absolute atomic E-state index is 0.374. The van der Waals surface area contributed by atoms with Gasteiger partial charge in [0.25, 0.3) is 0 Å². The average molecular weight is 316 g/mol. The lowest BCUT2D eigenvalue weighted by atomic mass is 10.2. The molecule has 1 aliphatic heterocycles. The molecule has 1 aromatic carbocycles. The number of nitrogens with one attached hydrogen (secondary N) is 1. The van der Waals surface area contributed by atoms with E-state index in [1.807, 2.05) is 30.0 Å². The van der Waals surface area contributed by atoms with Gasteiger partial charge in [0.2, 0.25) is 0 Å². The molecule has 0 aliphatic carbocycles. The van der Waals surface area contributed by atoms with Crippen molar-refractivity contribution in [3.8, 4) is 0 Å². The number of nitrogens with two attached hydrogens (primary N) is 1. The summed E-state index contributed by atoms with van der Waals surface area (Å²) in [5.41, 5.74) is 7.32. The van der Waals surface area contributed by atoms with E-state index < -0.39 is 0 Å². The Morgan fingerprint density at radius 2 is 2.16 bits per heavy atom. The largest absolute Gasteiger partial charge is 0.389 e. The molecule has 1 heterocycles. The standard InChI is InChI=1S/C13H18ClN3S2/c14-11-9-10(13(15)18)1-2-12(11)16-3-4-17-5-7-19-8-6-17/h1-2,9,16H,3-8H2,(H2,15,18). The Hall–Kier alpha value is -0.490. The summed E-state index contributed by atoms with van der Waals surface area (Å²) in [5, 5.41) is 4.03. The molecule has 3 N–H and O–H groups in total. The Bertz CT molecular complexity index is 448. The SMILES string of the molecule is NC(=S)c1ccc(NCCN2CCSCC2)c(Cl)c1. The number of thioether (sulfide) groups is 1. The van der Waals surface area contributed by atoms with Crippen LogP contribution in [0.1, 0.15) is 5.56 Å². The van der Waals surface area contributed by atoms with Gasteiger partial charge in [0, 0.05) is 43.2 Å². The first-order chi connectivity index (χ1) is 9.16. The zero-order chi connectivity index (χ0) is 13.7. The molecule has 19 heavy (non-hydrogen) atoms. The van der Waals surface area contributed by atoms with Crippen molar-refractivity contribution in [2.75, 3.05) is 43.0 Å². The van der Waals surface area contributed by atoms with Gasteiger partial charge in [-0.1, -0.05) is 23.8 Å². The van der Waals surface area contributed by atoms with Gasteiger partial charge >= 0.3 is 0 Å². The fourth-order valence-corrected chi connectivity index (χ4v) is 3.34. The molecule has 1 aromatic rings. The molecule has 0 radical (unpaired) electrons. The van der Waals surface area contributed by atoms with Gasteiger partial charge in [-0.15, -0.1) is 0 Å². The number of nitrogens with zero attached hydrogens (tertiary/aromatic N) is 1. The highest BCUT2D eigenvalue weighted by molar-refractivity contribution is 7.99. The third-order valence-electron chi connectivity index (χ3n) is 3.10. The molecular formula is C13H18ClN3S2. The summed E-state index contributed by atoms with van der Waals surface area (Å²) < 4.78 is 0. The number of anilines is 1. The summed E-state index contributed by atoms with van der Waals surface area (Å²) >= 11 is 13.2. The highest BCUT2D eigenvalue weighted by atomic mass is 35.5. The summed E-state index contributed by atoms with van der Waals surface area (Å²) in [6.07, 6.45) is 0. The van der Waals surface area contributed by atoms with Crippen LogP contribution in [0.4, 0.5) is 5.69 Å². The summed E-state index contributed by atoms with van der Waals surface area (Å²) in [5.74, 6) is 2.48. The second-order valence-electron chi connectivity index (χ2n) is 4.44. The van der Waals surface area contributed by atoms with Crippen molar-refractivity contribution in [3.63, 3.8) is 0 Å². The maximum absolute atomic E-state index is 6.20. The molecule has 6 heteroatoms. The Morgan fingerprint density at radius 3 is 2.79 bits per heavy atom. The van der Waals surface area contributed by atoms with Gasteiger partial charge in [0.1, 0.15) is 4.99 Å². The topological polar surface area (TPSA) is 41.3 Å². The minimum Gasteiger partial charge on any atom is -0.389 e. The van der Waals surface area contributed by atoms with Crippen molar-refractivity contribution in [3.05, 3.63) is 28.8 Å². The van der Waals surface area contributed by atoms with Crippen LogP contribution in [0.3, 0.4) is 0 Å². The molecule has 1 fully saturated rings. The average Bonchev–Trinajstić information content (AvgIpc) is 2.41. The maximum atomic E-state index is 6.20. The van der Waals surface area contributed by atoms with Gasteiger partial charge in [0.05, 0.1) is 10.7 Å². The third kappa shape index (κ3) is 4.53. The van der Waals surface area contributed by atoms with Crippen LogP contribution in [0.15, 0.2) is 18.2 Å². The highest BCUT2D eigenvalue weighted by Gasteiger charge is 2.09. The molecule has 0 unspecified atom stereocenters. The van der Waals surface area contributed by atoms with E-state index in [0.29, 0.717) is 10.0 Å². The third-order valence-corrected chi connectivity index (χ3v) is 4.59. The highest BCUT2D eigenvalue weighted by Crippen LogP contribution is 2.22. The number of halogens is 1. The molecule has 0 atom stereocenters. The summed E-state index contributed by atoms with van der Waals surface area (Å²) in [4.78, 5) is 2.85. The first-order valence-corrected chi connectivity index (χ1v) is 8.24. The van der Waals surface area contributed by atoms with E-state index in [4.69, 9.17) is 29.6 Å². The molecule has 0 saturated carbocycles. The van der Waals surface area contributed by atoms with Crippen molar-refractivity contribution >= 4 is 46.3 Å². The van der Waals surface area contributed by atoms with Crippen LogP contribution >= 0.6 is 35.6 Å². The van der Waals surface area contributed by atoms with Gasteiger partial charge in [-0.2, -0.15) is 11.8 Å². The molecule has 0 spiro atoms. The molecule has 0 amide bonds. The second-order valence-corrected chi connectivity index (χ2v) is 6.51. The van der Waals surface area contributed by atoms with Crippen molar-refractivity contribution in [2.45, 2.75) is 0 Å². The maximum Gasteiger partial charge on any atom is 0.104 e. The lowest BCUT2D eigenvalue weighted by molar-refractivity contribution is 0.314. The smallest absolute Gasteiger partial charge is 0.104 e. The Morgan fingerprint density at radius 1 is 1.42 bits per heavy atom. The van der Waals surface area contributed by atoms with Gasteiger partial charge in [-0.3, -0.25) is 4.90 Å². The van der Waals surface area contributed by atoms with Crippen molar-refractivity contribution in [1.82, 2.24) is 4.90 Å². The van der Waals surface area contributed by atoms with Crippen molar-refractivity contribution < 1.29 is 0 Å². The van der Waals surface area contributed by atoms with E-state index in [1.54, 1.807) is 0 Å². The molecular weight excluding hydrogens is 298 g/mol. The van der Waals surface area contributed by atoms with E-state index in [1.165, 1.54) is 24.6 Å². The van der Waals surface area contributed by atoms with Crippen LogP contribution < -0.4 is 11.1 Å². The van der Waals surface area contributed by atoms with Crippen LogP contribution in [-0.4, -0.2) is 47.6 Å². The molecule has 3 nitrogen and oxygen atoms in total. The number of rotatable bonds is 5. The van der Waals surface area contributed by atoms with Crippen molar-refractivity contribution in [2.24, 2.45) is 5.73 Å². The van der Waals surface area contributed by atoms with E-state index in [0.717, 1.165) is 24.3 Å². The number of benzene rings is 1. The Labute approximate surface area is 128 Å². The van der Waals surface area contributed by atoms with Gasteiger partial charge < -0.3 is 11.1 Å². The molecule has 0 aromatic heterocycles. The molecule has 1 aliphatic rings. The lowest BCUT2D eigenvalue weighted by Crippen LogP contribution is -2.36. The normalized spacial score (nSPS) is 16.3. The van der Waals surface area contributed by atoms with Crippen molar-refractivity contribution in [1.29, 1.82) is 0 Å². The summed E-state index contributed by atoms with van der Waals surface area (Å²) in [6.45, 7) is 4.31. The molecule has 0 bridgehead atoms. The van der Waals surface area contributed by atoms with E-state index >= 15 is 0 Å². The monoisotopic (exact) mass is 315 g/mol. The van der Waals surface area contributed by atoms with Crippen LogP contribution in [-0.2, 0) is 0 Å². The Kier molecular flexibility index (Phi) is 5.76. The van der Waals surface area contributed by atoms with E-state index in [-0.39, 0.29) is 0 Å². The van der Waals surface area contributed by atoms with E-state index in [2.05, 4.69) is 10.2 Å². The predicted octanol–water partition coefficient (Wildman–Crippen LogP) is 2.43. The first-order valence-electron chi connectivity index (χ1n) is 6.30. The van der Waals surface area contributed by atoms with Gasteiger partial charge in [-0.25, -0.2) is 0 Å². The molecule has 2 rings (SSSR count). The number of thiocarbonyl (C=S) groups is 1. The summed E-state index contributed by atoms with van der Waals surface area (Å²) in [6, 6.07) is 5.64. The van der Waals surface area contributed by atoms with Gasteiger partial charge in [-0.05, 0) is 18.2 Å². The quantitative estimate of drug-likeness (QED) is 0.817. The number of hydrogen-bond acceptors (Lipinski definition) is 4. The lowest BCUT2D eigenvalue weighted by Gasteiger charge is -2.26. The fourth-order valence-electron chi connectivity index (χ4n) is 1.99. The van der Waals surface area contributed by atoms with Crippen LogP contribution in [0, 0.1) is 0 Å². The predicted molar refractivity (Wildman–Crippen MR) is 89.6 cm³/mol. The zero-order valence-electron chi connectivity index (χ0n) is 10.7. The fraction of sp³-hybridized carbons (Fsp3) is 0.462. The van der Waals surface area contributed by atoms with Crippen LogP contribution in [0.25, 0.3) is 0 Å². The van der Waals surface area contributed by atoms with E-state index in [9.17, 15) is 0 Å². The second kappa shape index (κ2) is 7.33.